The second kappa shape index (κ2) is 6.45. The average molecular weight is 298 g/mol. The van der Waals surface area contributed by atoms with Crippen molar-refractivity contribution in [1.82, 2.24) is 0 Å². The van der Waals surface area contributed by atoms with Crippen LogP contribution in [0.1, 0.15) is 35.9 Å². The monoisotopic (exact) mass is 298 g/mol. The molecule has 0 radical (unpaired) electrons. The number of hydrogen-bond acceptors (Lipinski definition) is 6. The van der Waals surface area contributed by atoms with Crippen molar-refractivity contribution >= 4 is 27.8 Å². The zero-order chi connectivity index (χ0) is 14.7. The first-order valence-electron chi connectivity index (χ1n) is 6.88. The number of thiophene rings is 1. The van der Waals surface area contributed by atoms with Gasteiger partial charge in [-0.3, -0.25) is 4.79 Å². The van der Waals surface area contributed by atoms with Gasteiger partial charge in [-0.25, -0.2) is 0 Å². The summed E-state index contributed by atoms with van der Waals surface area (Å²) in [5, 5.41) is 4.18. The summed E-state index contributed by atoms with van der Waals surface area (Å²) in [5.41, 5.74) is 6.53. The molecule has 1 aliphatic rings. The van der Waals surface area contributed by atoms with Crippen LogP contribution in [0.5, 0.6) is 5.75 Å². The van der Waals surface area contributed by atoms with Crippen LogP contribution in [-0.2, 0) is 4.74 Å². The zero-order valence-electron chi connectivity index (χ0n) is 12.2. The smallest absolute Gasteiger partial charge is 0.178 e. The second-order valence-corrected chi connectivity index (χ2v) is 6.07. The van der Waals surface area contributed by atoms with E-state index in [1.807, 2.05) is 0 Å². The van der Waals surface area contributed by atoms with Crippen molar-refractivity contribution in [3.05, 3.63) is 4.88 Å². The lowest BCUT2D eigenvalue weighted by atomic mass is 10.2. The topological polar surface area (TPSA) is 73.6 Å². The fourth-order valence-electron chi connectivity index (χ4n) is 2.09. The van der Waals surface area contributed by atoms with Crippen LogP contribution in [0, 0.1) is 5.92 Å². The van der Waals surface area contributed by atoms with Gasteiger partial charge in [-0.05, 0) is 19.3 Å². The van der Waals surface area contributed by atoms with Crippen molar-refractivity contribution in [1.29, 1.82) is 0 Å². The van der Waals surface area contributed by atoms with Gasteiger partial charge in [0.25, 0.3) is 0 Å². The first kappa shape index (κ1) is 15.1. The molecule has 0 amide bonds. The third-order valence-electron chi connectivity index (χ3n) is 3.47. The predicted molar refractivity (Wildman–Crippen MR) is 81.9 cm³/mol. The van der Waals surface area contributed by atoms with Gasteiger partial charge in [-0.2, -0.15) is 0 Å². The highest BCUT2D eigenvalue weighted by Crippen LogP contribution is 2.46. The van der Waals surface area contributed by atoms with E-state index in [0.717, 1.165) is 24.3 Å². The van der Waals surface area contributed by atoms with E-state index < -0.39 is 0 Å². The van der Waals surface area contributed by atoms with E-state index in [9.17, 15) is 4.79 Å². The van der Waals surface area contributed by atoms with Crippen LogP contribution in [0.2, 0.25) is 0 Å². The summed E-state index contributed by atoms with van der Waals surface area (Å²) in [4.78, 5) is 12.8. The van der Waals surface area contributed by atoms with Gasteiger partial charge in [-0.15, -0.1) is 11.3 Å². The lowest BCUT2D eigenvalue weighted by Gasteiger charge is -2.16. The van der Waals surface area contributed by atoms with Crippen molar-refractivity contribution < 1.29 is 14.3 Å². The fraction of sp³-hybridized carbons (Fsp3) is 0.643. The van der Waals surface area contributed by atoms with Gasteiger partial charge in [0, 0.05) is 13.0 Å². The minimum atomic E-state index is 0.152. The van der Waals surface area contributed by atoms with Gasteiger partial charge in [0.05, 0.1) is 30.3 Å². The van der Waals surface area contributed by atoms with Gasteiger partial charge in [0.15, 0.2) is 11.5 Å². The van der Waals surface area contributed by atoms with Gasteiger partial charge < -0.3 is 20.5 Å². The van der Waals surface area contributed by atoms with Crippen molar-refractivity contribution in [2.45, 2.75) is 32.2 Å². The summed E-state index contributed by atoms with van der Waals surface area (Å²) in [6.07, 6.45) is 2.87. The van der Waals surface area contributed by atoms with E-state index >= 15 is 0 Å². The molecule has 1 atom stereocenters. The molecule has 1 heterocycles. The molecule has 1 saturated carbocycles. The van der Waals surface area contributed by atoms with Crippen LogP contribution < -0.4 is 15.8 Å². The highest BCUT2D eigenvalue weighted by Gasteiger charge is 2.34. The zero-order valence-corrected chi connectivity index (χ0v) is 13.0. The highest BCUT2D eigenvalue weighted by atomic mass is 32.1. The highest BCUT2D eigenvalue weighted by molar-refractivity contribution is 7.19. The molecule has 3 N–H and O–H groups in total. The third kappa shape index (κ3) is 3.07. The van der Waals surface area contributed by atoms with Crippen LogP contribution >= 0.6 is 11.3 Å². The van der Waals surface area contributed by atoms with Crippen LogP contribution in [0.25, 0.3) is 0 Å². The minimum absolute atomic E-state index is 0.152. The second-order valence-electron chi connectivity index (χ2n) is 5.05. The van der Waals surface area contributed by atoms with E-state index in [4.69, 9.17) is 15.2 Å². The van der Waals surface area contributed by atoms with Crippen LogP contribution in [0.15, 0.2) is 0 Å². The third-order valence-corrected chi connectivity index (χ3v) is 4.60. The van der Waals surface area contributed by atoms with E-state index in [2.05, 4.69) is 12.2 Å². The molecule has 0 spiro atoms. The molecule has 5 nitrogen and oxygen atoms in total. The standard InChI is InChI=1S/C14H22N2O3S/c1-4-9(7-18-2)16-14-12(19-3)10(15)13(20-14)11(17)8-5-6-8/h8-9,16H,4-7,15H2,1-3H3. The molecule has 2 rings (SSSR count). The molecule has 0 bridgehead atoms. The molecule has 1 aromatic rings. The Labute approximate surface area is 123 Å². The first-order valence-corrected chi connectivity index (χ1v) is 7.69. The van der Waals surface area contributed by atoms with Crippen molar-refractivity contribution in [3.8, 4) is 5.75 Å². The lowest BCUT2D eigenvalue weighted by molar-refractivity contribution is 0.0972. The largest absolute Gasteiger partial charge is 0.492 e. The number of hydrogen-bond donors (Lipinski definition) is 2. The average Bonchev–Trinajstić information content (AvgIpc) is 3.23. The molecular formula is C14H22N2O3S. The Hall–Kier alpha value is -1.27. The number of nitrogens with one attached hydrogen (secondary N) is 1. The molecule has 0 aliphatic heterocycles. The SMILES string of the molecule is CCC(COC)Nc1sc(C(=O)C2CC2)c(N)c1OC. The molecule has 0 aromatic carbocycles. The Balaban J connectivity index is 2.23. The van der Waals surface area contributed by atoms with Crippen molar-refractivity contribution in [3.63, 3.8) is 0 Å². The van der Waals surface area contributed by atoms with Crippen molar-refractivity contribution in [2.24, 2.45) is 5.92 Å². The molecular weight excluding hydrogens is 276 g/mol. The lowest BCUT2D eigenvalue weighted by Crippen LogP contribution is -2.23. The summed E-state index contributed by atoms with van der Waals surface area (Å²) in [6, 6.07) is 0.177. The molecule has 0 saturated heterocycles. The van der Waals surface area contributed by atoms with E-state index in [-0.39, 0.29) is 17.7 Å². The predicted octanol–water partition coefficient (Wildman–Crippen LogP) is 2.77. The van der Waals surface area contributed by atoms with Gasteiger partial charge in [0.2, 0.25) is 0 Å². The first-order chi connectivity index (χ1) is 9.62. The van der Waals surface area contributed by atoms with E-state index in [0.29, 0.717) is 22.9 Å². The van der Waals surface area contributed by atoms with Crippen LogP contribution in [-0.4, -0.2) is 32.7 Å². The summed E-state index contributed by atoms with van der Waals surface area (Å²) >= 11 is 1.39. The molecule has 6 heteroatoms. The maximum Gasteiger partial charge on any atom is 0.178 e. The normalized spacial score (nSPS) is 15.9. The Morgan fingerprint density at radius 1 is 1.50 bits per heavy atom. The van der Waals surface area contributed by atoms with Gasteiger partial charge in [0.1, 0.15) is 5.00 Å². The maximum atomic E-state index is 12.2. The molecule has 1 unspecified atom stereocenters. The molecule has 112 valence electrons. The summed E-state index contributed by atoms with van der Waals surface area (Å²) in [6.45, 7) is 2.68. The number of nitrogens with two attached hydrogens (primary N) is 1. The number of rotatable bonds is 8. The Kier molecular flexibility index (Phi) is 4.88. The molecule has 1 aromatic heterocycles. The summed E-state index contributed by atoms with van der Waals surface area (Å²) in [5.74, 6) is 0.890. The van der Waals surface area contributed by atoms with Crippen LogP contribution in [0.4, 0.5) is 10.7 Å². The van der Waals surface area contributed by atoms with E-state index in [1.54, 1.807) is 14.2 Å². The number of ketones is 1. The number of anilines is 2. The summed E-state index contributed by atoms with van der Waals surface area (Å²) in [7, 11) is 3.25. The van der Waals surface area contributed by atoms with Gasteiger partial charge in [-0.1, -0.05) is 6.92 Å². The molecule has 1 aliphatic carbocycles. The molecule has 20 heavy (non-hydrogen) atoms. The number of Topliss-reactive ketones (excluding diaryl/α,β-unsaturated/α-hetero) is 1. The van der Waals surface area contributed by atoms with E-state index in [1.165, 1.54) is 11.3 Å². The number of ether oxygens (including phenoxy) is 2. The molecule has 1 fully saturated rings. The Morgan fingerprint density at radius 3 is 2.70 bits per heavy atom. The summed E-state index contributed by atoms with van der Waals surface area (Å²) < 4.78 is 10.5. The fourth-order valence-corrected chi connectivity index (χ4v) is 3.27. The number of nitrogen functional groups attached to an aromatic ring is 1. The minimum Gasteiger partial charge on any atom is -0.492 e. The van der Waals surface area contributed by atoms with Crippen molar-refractivity contribution in [2.75, 3.05) is 31.9 Å². The quantitative estimate of drug-likeness (QED) is 0.722. The Morgan fingerprint density at radius 2 is 2.20 bits per heavy atom. The number of carbonyl (C=O) groups is 1. The van der Waals surface area contributed by atoms with Gasteiger partial charge >= 0.3 is 0 Å². The van der Waals surface area contributed by atoms with Crippen LogP contribution in [0.3, 0.4) is 0 Å². The Bertz CT molecular complexity index is 483. The maximum absolute atomic E-state index is 12.2. The number of carbonyl (C=O) groups excluding carboxylic acids is 1. The number of methoxy groups -OCH3 is 2.